The van der Waals surface area contributed by atoms with Crippen molar-refractivity contribution < 1.29 is 19.1 Å². The van der Waals surface area contributed by atoms with Gasteiger partial charge in [-0.25, -0.2) is 0 Å². The highest BCUT2D eigenvalue weighted by Crippen LogP contribution is 2.32. The first-order valence-corrected chi connectivity index (χ1v) is 11.6. The number of thioether (sulfide) groups is 1. The Morgan fingerprint density at radius 1 is 0.971 bits per heavy atom. The number of nitrogens with zero attached hydrogens (tertiary/aromatic N) is 1. The molecule has 4 rings (SSSR count). The van der Waals surface area contributed by atoms with Gasteiger partial charge in [0.1, 0.15) is 18.9 Å². The maximum atomic E-state index is 12.8. The number of amides is 3. The molecule has 172 valence electrons. The van der Waals surface area contributed by atoms with Gasteiger partial charge in [0.2, 0.25) is 5.91 Å². The summed E-state index contributed by atoms with van der Waals surface area (Å²) in [6.45, 7) is 3.87. The molecule has 1 saturated heterocycles. The van der Waals surface area contributed by atoms with Gasteiger partial charge in [0.15, 0.2) is 0 Å². The Bertz CT molecular complexity index is 1250. The van der Waals surface area contributed by atoms with E-state index in [1.54, 1.807) is 6.08 Å². The number of para-hydroxylation sites is 1. The predicted molar refractivity (Wildman–Crippen MR) is 134 cm³/mol. The van der Waals surface area contributed by atoms with Crippen LogP contribution in [0.5, 0.6) is 5.75 Å². The largest absolute Gasteiger partial charge is 0.489 e. The van der Waals surface area contributed by atoms with Gasteiger partial charge in [-0.15, -0.1) is 0 Å². The molecule has 1 aliphatic heterocycles. The lowest BCUT2D eigenvalue weighted by Crippen LogP contribution is -2.36. The van der Waals surface area contributed by atoms with Crippen LogP contribution in [0.15, 0.2) is 77.7 Å². The third-order valence-electron chi connectivity index (χ3n) is 5.33. The lowest BCUT2D eigenvalue weighted by atomic mass is 10.1. The van der Waals surface area contributed by atoms with Crippen LogP contribution in [0.25, 0.3) is 6.08 Å². The van der Waals surface area contributed by atoms with Gasteiger partial charge in [0.05, 0.1) is 4.91 Å². The molecule has 0 atom stereocenters. The summed E-state index contributed by atoms with van der Waals surface area (Å²) in [5.74, 6) is -0.246. The topological polar surface area (TPSA) is 75.7 Å². The van der Waals surface area contributed by atoms with E-state index in [0.29, 0.717) is 18.0 Å². The summed E-state index contributed by atoms with van der Waals surface area (Å²) < 4.78 is 5.84. The summed E-state index contributed by atoms with van der Waals surface area (Å²) in [6.07, 6.45) is 1.64. The van der Waals surface area contributed by atoms with Crippen LogP contribution in [0.3, 0.4) is 0 Å². The standard InChI is InChI=1S/C27H24N2O4S/c1-18-8-6-9-19(2)25(18)28-24(30)16-29-26(31)23(34-27(29)32)15-21-12-7-13-22(14-21)33-17-20-10-4-3-5-11-20/h3-15H,16-17H2,1-2H3,(H,28,30)/b23-15+. The van der Waals surface area contributed by atoms with Gasteiger partial charge < -0.3 is 10.1 Å². The van der Waals surface area contributed by atoms with Crippen LogP contribution in [-0.4, -0.2) is 28.5 Å². The summed E-state index contributed by atoms with van der Waals surface area (Å²) >= 11 is 0.825. The molecule has 7 heteroatoms. The zero-order valence-electron chi connectivity index (χ0n) is 18.9. The van der Waals surface area contributed by atoms with Gasteiger partial charge in [0, 0.05) is 5.69 Å². The molecule has 3 aromatic carbocycles. The number of benzene rings is 3. The number of hydrogen-bond acceptors (Lipinski definition) is 5. The number of nitrogens with one attached hydrogen (secondary N) is 1. The van der Waals surface area contributed by atoms with Gasteiger partial charge >= 0.3 is 0 Å². The smallest absolute Gasteiger partial charge is 0.294 e. The van der Waals surface area contributed by atoms with Gasteiger partial charge in [-0.3, -0.25) is 19.3 Å². The molecule has 0 aromatic heterocycles. The molecule has 1 heterocycles. The second kappa shape index (κ2) is 10.4. The highest BCUT2D eigenvalue weighted by molar-refractivity contribution is 8.18. The zero-order valence-corrected chi connectivity index (χ0v) is 19.7. The Morgan fingerprint density at radius 2 is 1.68 bits per heavy atom. The fourth-order valence-electron chi connectivity index (χ4n) is 3.56. The third-order valence-corrected chi connectivity index (χ3v) is 6.23. The summed E-state index contributed by atoms with van der Waals surface area (Å²) in [7, 11) is 0. The van der Waals surface area contributed by atoms with E-state index < -0.39 is 17.1 Å². The number of hydrogen-bond donors (Lipinski definition) is 1. The van der Waals surface area contributed by atoms with Crippen LogP contribution in [0.2, 0.25) is 0 Å². The van der Waals surface area contributed by atoms with Crippen molar-refractivity contribution in [2.45, 2.75) is 20.5 Å². The molecule has 1 aliphatic rings. The van der Waals surface area contributed by atoms with Gasteiger partial charge in [0.25, 0.3) is 11.1 Å². The van der Waals surface area contributed by atoms with E-state index in [1.807, 2.05) is 86.6 Å². The summed E-state index contributed by atoms with van der Waals surface area (Å²) in [5.41, 5.74) is 4.31. The molecule has 6 nitrogen and oxygen atoms in total. The molecule has 1 fully saturated rings. The average molecular weight is 473 g/mol. The lowest BCUT2D eigenvalue weighted by Gasteiger charge is -2.15. The Kier molecular flexibility index (Phi) is 7.13. The molecule has 0 bridgehead atoms. The van der Waals surface area contributed by atoms with Crippen LogP contribution in [0.1, 0.15) is 22.3 Å². The summed E-state index contributed by atoms with van der Waals surface area (Å²) in [5, 5.41) is 2.35. The SMILES string of the molecule is Cc1cccc(C)c1NC(=O)CN1C(=O)S/C(=C/c2cccc(OCc3ccccc3)c2)C1=O. The molecule has 1 N–H and O–H groups in total. The summed E-state index contributed by atoms with van der Waals surface area (Å²) in [6, 6.07) is 22.8. The molecule has 0 aliphatic carbocycles. The minimum atomic E-state index is -0.484. The van der Waals surface area contributed by atoms with Crippen LogP contribution in [-0.2, 0) is 16.2 Å². The van der Waals surface area contributed by atoms with Crippen molar-refractivity contribution in [3.8, 4) is 5.75 Å². The minimum absolute atomic E-state index is 0.269. The Morgan fingerprint density at radius 3 is 2.41 bits per heavy atom. The fraction of sp³-hybridized carbons (Fsp3) is 0.148. The molecule has 3 amide bonds. The van der Waals surface area contributed by atoms with E-state index in [-0.39, 0.29) is 11.4 Å². The first kappa shape index (κ1) is 23.3. The van der Waals surface area contributed by atoms with Crippen LogP contribution in [0, 0.1) is 13.8 Å². The highest BCUT2D eigenvalue weighted by Gasteiger charge is 2.36. The van der Waals surface area contributed by atoms with Crippen molar-refractivity contribution in [2.24, 2.45) is 0 Å². The molecule has 0 saturated carbocycles. The quantitative estimate of drug-likeness (QED) is 0.456. The number of carbonyl (C=O) groups is 3. The molecular formula is C27H24N2O4S. The van der Waals surface area contributed by atoms with Crippen molar-refractivity contribution in [1.29, 1.82) is 0 Å². The van der Waals surface area contributed by atoms with Crippen LogP contribution in [0.4, 0.5) is 10.5 Å². The molecule has 3 aromatic rings. The maximum absolute atomic E-state index is 12.8. The number of anilines is 1. The highest BCUT2D eigenvalue weighted by atomic mass is 32.2. The van der Waals surface area contributed by atoms with Gasteiger partial charge in [-0.05, 0) is 66.1 Å². The molecule has 34 heavy (non-hydrogen) atoms. The van der Waals surface area contributed by atoms with Crippen molar-refractivity contribution in [1.82, 2.24) is 4.90 Å². The number of ether oxygens (including phenoxy) is 1. The molecule has 0 spiro atoms. The van der Waals surface area contributed by atoms with E-state index in [9.17, 15) is 14.4 Å². The Balaban J connectivity index is 1.42. The van der Waals surface area contributed by atoms with Crippen molar-refractivity contribution in [3.63, 3.8) is 0 Å². The first-order chi connectivity index (χ1) is 16.4. The predicted octanol–water partition coefficient (Wildman–Crippen LogP) is 5.56. The van der Waals surface area contributed by atoms with E-state index in [1.165, 1.54) is 0 Å². The van der Waals surface area contributed by atoms with Crippen molar-refractivity contribution in [2.75, 3.05) is 11.9 Å². The number of carbonyl (C=O) groups excluding carboxylic acids is 3. The minimum Gasteiger partial charge on any atom is -0.489 e. The number of aryl methyl sites for hydroxylation is 2. The Hall–Kier alpha value is -3.84. The van der Waals surface area contributed by atoms with Gasteiger partial charge in [-0.1, -0.05) is 60.7 Å². The second-order valence-electron chi connectivity index (χ2n) is 7.93. The van der Waals surface area contributed by atoms with Crippen LogP contribution < -0.4 is 10.1 Å². The van der Waals surface area contributed by atoms with Crippen LogP contribution >= 0.6 is 11.8 Å². The monoisotopic (exact) mass is 472 g/mol. The third kappa shape index (κ3) is 5.55. The van der Waals surface area contributed by atoms with Crippen molar-refractivity contribution in [3.05, 3.63) is 100.0 Å². The molecule has 0 unspecified atom stereocenters. The van der Waals surface area contributed by atoms with Crippen molar-refractivity contribution >= 4 is 40.6 Å². The first-order valence-electron chi connectivity index (χ1n) is 10.8. The van der Waals surface area contributed by atoms with Gasteiger partial charge in [-0.2, -0.15) is 0 Å². The second-order valence-corrected chi connectivity index (χ2v) is 8.92. The van der Waals surface area contributed by atoms with E-state index >= 15 is 0 Å². The fourth-order valence-corrected chi connectivity index (χ4v) is 4.40. The molecule has 0 radical (unpaired) electrons. The zero-order chi connectivity index (χ0) is 24.1. The number of rotatable bonds is 7. The number of imide groups is 1. The van der Waals surface area contributed by atoms with E-state index in [2.05, 4.69) is 5.32 Å². The normalized spacial score (nSPS) is 14.5. The van der Waals surface area contributed by atoms with E-state index in [4.69, 9.17) is 4.74 Å². The molecular weight excluding hydrogens is 448 g/mol. The maximum Gasteiger partial charge on any atom is 0.294 e. The lowest BCUT2D eigenvalue weighted by molar-refractivity contribution is -0.127. The Labute approximate surface area is 202 Å². The summed E-state index contributed by atoms with van der Waals surface area (Å²) in [4.78, 5) is 39.1. The van der Waals surface area contributed by atoms with E-state index in [0.717, 1.165) is 38.9 Å². The average Bonchev–Trinajstić information content (AvgIpc) is 3.08.